The number of aliphatic carboxylic acids is 1. The Labute approximate surface area is 131 Å². The minimum Gasteiger partial charge on any atom is -0.481 e. The van der Waals surface area contributed by atoms with Gasteiger partial charge in [-0.1, -0.05) is 19.1 Å². The van der Waals surface area contributed by atoms with E-state index in [9.17, 15) is 9.59 Å². The van der Waals surface area contributed by atoms with Gasteiger partial charge in [-0.25, -0.2) is 4.79 Å². The minimum absolute atomic E-state index is 0.207. The first-order valence-corrected chi connectivity index (χ1v) is 7.35. The van der Waals surface area contributed by atoms with Gasteiger partial charge in [-0.05, 0) is 51.3 Å². The molecule has 0 saturated carbocycles. The highest BCUT2D eigenvalue weighted by Crippen LogP contribution is 2.25. The monoisotopic (exact) mass is 308 g/mol. The van der Waals surface area contributed by atoms with Gasteiger partial charge in [0, 0.05) is 0 Å². The van der Waals surface area contributed by atoms with Crippen molar-refractivity contribution in [2.45, 2.75) is 59.2 Å². The highest BCUT2D eigenvalue weighted by atomic mass is 16.6. The van der Waals surface area contributed by atoms with Crippen molar-refractivity contribution in [3.05, 3.63) is 29.3 Å². The lowest BCUT2D eigenvalue weighted by Gasteiger charge is -2.27. The van der Waals surface area contributed by atoms with Gasteiger partial charge in [-0.3, -0.25) is 4.79 Å². The van der Waals surface area contributed by atoms with Crippen LogP contribution < -0.4 is 4.74 Å². The molecule has 5 heteroatoms. The average Bonchev–Trinajstić information content (AvgIpc) is 2.41. The molecular weight excluding hydrogens is 284 g/mol. The van der Waals surface area contributed by atoms with Crippen molar-refractivity contribution in [1.29, 1.82) is 0 Å². The van der Waals surface area contributed by atoms with Crippen molar-refractivity contribution in [2.24, 2.45) is 0 Å². The molecule has 0 saturated heterocycles. The standard InChI is InChI=1S/C17H24O5/c1-6-13(10-15(18)19)21-16(20)17(4,5)22-14-9-11(2)7-8-12(14)3/h7-9,13H,6,10H2,1-5H3,(H,18,19). The van der Waals surface area contributed by atoms with Crippen LogP contribution >= 0.6 is 0 Å². The number of ether oxygens (including phenoxy) is 2. The number of aryl methyl sites for hydroxylation is 2. The number of carboxylic acids is 1. The largest absolute Gasteiger partial charge is 0.481 e. The van der Waals surface area contributed by atoms with Crippen LogP contribution in [0.1, 0.15) is 44.7 Å². The molecule has 22 heavy (non-hydrogen) atoms. The van der Waals surface area contributed by atoms with Gasteiger partial charge >= 0.3 is 11.9 Å². The zero-order chi connectivity index (χ0) is 16.9. The first-order chi connectivity index (χ1) is 10.2. The van der Waals surface area contributed by atoms with E-state index in [2.05, 4.69) is 0 Å². The van der Waals surface area contributed by atoms with Crippen molar-refractivity contribution in [2.75, 3.05) is 0 Å². The average molecular weight is 308 g/mol. The van der Waals surface area contributed by atoms with Gasteiger partial charge in [-0.15, -0.1) is 0 Å². The van der Waals surface area contributed by atoms with Gasteiger partial charge in [0.2, 0.25) is 0 Å². The van der Waals surface area contributed by atoms with Gasteiger partial charge < -0.3 is 14.6 Å². The van der Waals surface area contributed by atoms with E-state index in [-0.39, 0.29) is 6.42 Å². The summed E-state index contributed by atoms with van der Waals surface area (Å²) >= 11 is 0. The van der Waals surface area contributed by atoms with Gasteiger partial charge in [0.25, 0.3) is 0 Å². The fourth-order valence-electron chi connectivity index (χ4n) is 1.89. The van der Waals surface area contributed by atoms with E-state index in [4.69, 9.17) is 14.6 Å². The molecule has 0 aliphatic rings. The van der Waals surface area contributed by atoms with E-state index < -0.39 is 23.6 Å². The summed E-state index contributed by atoms with van der Waals surface area (Å²) in [5, 5.41) is 8.81. The van der Waals surface area contributed by atoms with Crippen LogP contribution in [0.15, 0.2) is 18.2 Å². The molecule has 122 valence electrons. The van der Waals surface area contributed by atoms with E-state index in [1.54, 1.807) is 20.8 Å². The first-order valence-electron chi connectivity index (χ1n) is 7.35. The Hall–Kier alpha value is -2.04. The van der Waals surface area contributed by atoms with E-state index in [1.807, 2.05) is 32.0 Å². The minimum atomic E-state index is -1.19. The number of rotatable bonds is 7. The second-order valence-corrected chi connectivity index (χ2v) is 5.91. The topological polar surface area (TPSA) is 72.8 Å². The van der Waals surface area contributed by atoms with Crippen molar-refractivity contribution < 1.29 is 24.2 Å². The number of carbonyl (C=O) groups is 2. The second-order valence-electron chi connectivity index (χ2n) is 5.91. The molecule has 0 heterocycles. The number of benzene rings is 1. The Morgan fingerprint density at radius 1 is 1.27 bits per heavy atom. The van der Waals surface area contributed by atoms with Crippen LogP contribution in [0.4, 0.5) is 0 Å². The predicted molar refractivity (Wildman–Crippen MR) is 83.0 cm³/mol. The lowest BCUT2D eigenvalue weighted by molar-refractivity contribution is -0.167. The van der Waals surface area contributed by atoms with E-state index in [1.165, 1.54) is 0 Å². The van der Waals surface area contributed by atoms with E-state index in [0.29, 0.717) is 12.2 Å². The van der Waals surface area contributed by atoms with Crippen LogP contribution in [0.2, 0.25) is 0 Å². The normalized spacial score (nSPS) is 12.6. The van der Waals surface area contributed by atoms with Crippen molar-refractivity contribution >= 4 is 11.9 Å². The number of carbonyl (C=O) groups excluding carboxylic acids is 1. The molecule has 0 amide bonds. The quantitative estimate of drug-likeness (QED) is 0.783. The SMILES string of the molecule is CCC(CC(=O)O)OC(=O)C(C)(C)Oc1cc(C)ccc1C. The molecule has 0 bridgehead atoms. The van der Waals surface area contributed by atoms with Crippen molar-refractivity contribution in [1.82, 2.24) is 0 Å². The zero-order valence-corrected chi connectivity index (χ0v) is 13.8. The predicted octanol–water partition coefficient (Wildman–Crippen LogP) is 3.26. The Bertz CT molecular complexity index is 548. The zero-order valence-electron chi connectivity index (χ0n) is 13.8. The van der Waals surface area contributed by atoms with E-state index in [0.717, 1.165) is 11.1 Å². The molecule has 0 radical (unpaired) electrons. The Balaban J connectivity index is 2.81. The van der Waals surface area contributed by atoms with Gasteiger partial charge in [0.1, 0.15) is 11.9 Å². The molecule has 1 rings (SSSR count). The summed E-state index contributed by atoms with van der Waals surface area (Å²) in [6.45, 7) is 8.85. The molecule has 0 fully saturated rings. The molecule has 1 atom stereocenters. The van der Waals surface area contributed by atoms with Crippen LogP contribution in [0.3, 0.4) is 0 Å². The molecule has 0 aromatic heterocycles. The molecule has 5 nitrogen and oxygen atoms in total. The molecule has 1 aromatic rings. The first kappa shape index (κ1) is 18.0. The van der Waals surface area contributed by atoms with E-state index >= 15 is 0 Å². The van der Waals surface area contributed by atoms with Crippen LogP contribution in [0, 0.1) is 13.8 Å². The molecular formula is C17H24O5. The summed E-state index contributed by atoms with van der Waals surface area (Å²) in [6, 6.07) is 5.75. The maximum Gasteiger partial charge on any atom is 0.350 e. The maximum absolute atomic E-state index is 12.3. The molecule has 0 aliphatic carbocycles. The molecule has 1 N–H and O–H groups in total. The van der Waals surface area contributed by atoms with Crippen LogP contribution in [-0.2, 0) is 14.3 Å². The summed E-state index contributed by atoms with van der Waals surface area (Å²) in [5.41, 5.74) is 0.760. The number of esters is 1. The smallest absolute Gasteiger partial charge is 0.350 e. The fraction of sp³-hybridized carbons (Fsp3) is 0.529. The Morgan fingerprint density at radius 2 is 1.91 bits per heavy atom. The maximum atomic E-state index is 12.3. The van der Waals surface area contributed by atoms with Crippen molar-refractivity contribution in [3.63, 3.8) is 0 Å². The number of carboxylic acid groups (broad SMARTS) is 1. The van der Waals surface area contributed by atoms with Gasteiger partial charge in [0.05, 0.1) is 6.42 Å². The third kappa shape index (κ3) is 5.06. The molecule has 0 aliphatic heterocycles. The van der Waals surface area contributed by atoms with Gasteiger partial charge in [-0.2, -0.15) is 0 Å². The Kier molecular flexibility index (Phi) is 5.97. The third-order valence-electron chi connectivity index (χ3n) is 3.33. The summed E-state index contributed by atoms with van der Waals surface area (Å²) in [5.74, 6) is -0.942. The third-order valence-corrected chi connectivity index (χ3v) is 3.33. The second kappa shape index (κ2) is 7.29. The van der Waals surface area contributed by atoms with Crippen LogP contribution in [0.5, 0.6) is 5.75 Å². The molecule has 0 spiro atoms. The summed E-state index contributed by atoms with van der Waals surface area (Å²) in [7, 11) is 0. The summed E-state index contributed by atoms with van der Waals surface area (Å²) in [6.07, 6.45) is -0.411. The lowest BCUT2D eigenvalue weighted by atomic mass is 10.1. The van der Waals surface area contributed by atoms with Crippen molar-refractivity contribution in [3.8, 4) is 5.75 Å². The fourth-order valence-corrected chi connectivity index (χ4v) is 1.89. The highest BCUT2D eigenvalue weighted by molar-refractivity contribution is 5.79. The molecule has 1 unspecified atom stereocenters. The number of hydrogen-bond acceptors (Lipinski definition) is 4. The lowest BCUT2D eigenvalue weighted by Crippen LogP contribution is -2.42. The summed E-state index contributed by atoms with van der Waals surface area (Å²) < 4.78 is 11.1. The van der Waals surface area contributed by atoms with Gasteiger partial charge in [0.15, 0.2) is 5.60 Å². The van der Waals surface area contributed by atoms with Crippen LogP contribution in [0.25, 0.3) is 0 Å². The summed E-state index contributed by atoms with van der Waals surface area (Å²) in [4.78, 5) is 23.0. The van der Waals surface area contributed by atoms with Crippen LogP contribution in [-0.4, -0.2) is 28.8 Å². The molecule has 1 aromatic carbocycles. The Morgan fingerprint density at radius 3 is 2.45 bits per heavy atom. The number of hydrogen-bond donors (Lipinski definition) is 1. The highest BCUT2D eigenvalue weighted by Gasteiger charge is 2.34.